The molecule has 0 atom stereocenters. The maximum absolute atomic E-state index is 11.7. The summed E-state index contributed by atoms with van der Waals surface area (Å²) in [6, 6.07) is 0.527. The molecule has 0 aromatic heterocycles. The summed E-state index contributed by atoms with van der Waals surface area (Å²) >= 11 is 2.15. The van der Waals surface area contributed by atoms with Crippen LogP contribution in [-0.2, 0) is 4.79 Å². The highest BCUT2D eigenvalue weighted by molar-refractivity contribution is 14.1. The molecule has 0 aliphatic rings. The standard InChI is InChI=1S/C10H18INO/c1-7(2)12(8(3)4)10(13)6-9(5)11/h6-8H,1-5H3/b9-6-. The van der Waals surface area contributed by atoms with Gasteiger partial charge in [-0.2, -0.15) is 0 Å². The molecule has 2 nitrogen and oxygen atoms in total. The van der Waals surface area contributed by atoms with Gasteiger partial charge < -0.3 is 4.90 Å². The maximum Gasteiger partial charge on any atom is 0.247 e. The van der Waals surface area contributed by atoms with Gasteiger partial charge in [-0.15, -0.1) is 0 Å². The molecule has 0 rings (SSSR count). The molecule has 0 aromatic carbocycles. The van der Waals surface area contributed by atoms with E-state index in [1.54, 1.807) is 6.08 Å². The van der Waals surface area contributed by atoms with Crippen molar-refractivity contribution in [2.75, 3.05) is 0 Å². The minimum absolute atomic E-state index is 0.108. The van der Waals surface area contributed by atoms with Crippen LogP contribution in [0, 0.1) is 0 Å². The van der Waals surface area contributed by atoms with Crippen molar-refractivity contribution in [1.29, 1.82) is 0 Å². The van der Waals surface area contributed by atoms with Crippen LogP contribution >= 0.6 is 22.6 Å². The third-order valence-corrected chi connectivity index (χ3v) is 2.00. The van der Waals surface area contributed by atoms with E-state index >= 15 is 0 Å². The summed E-state index contributed by atoms with van der Waals surface area (Å²) in [5, 5.41) is 0. The van der Waals surface area contributed by atoms with Crippen LogP contribution in [0.15, 0.2) is 9.66 Å². The van der Waals surface area contributed by atoms with Gasteiger partial charge in [0, 0.05) is 18.2 Å². The fourth-order valence-corrected chi connectivity index (χ4v) is 1.62. The van der Waals surface area contributed by atoms with Crippen molar-refractivity contribution in [3.63, 3.8) is 0 Å². The van der Waals surface area contributed by atoms with Crippen molar-refractivity contribution >= 4 is 28.5 Å². The summed E-state index contributed by atoms with van der Waals surface area (Å²) in [6.45, 7) is 10.1. The molecule has 0 heterocycles. The van der Waals surface area contributed by atoms with Crippen LogP contribution in [-0.4, -0.2) is 22.9 Å². The number of allylic oxidation sites excluding steroid dienone is 1. The van der Waals surface area contributed by atoms with E-state index in [1.165, 1.54) is 0 Å². The third kappa shape index (κ3) is 4.64. The van der Waals surface area contributed by atoms with E-state index in [9.17, 15) is 4.79 Å². The zero-order chi connectivity index (χ0) is 10.6. The van der Waals surface area contributed by atoms with E-state index in [1.807, 2.05) is 39.5 Å². The van der Waals surface area contributed by atoms with Crippen molar-refractivity contribution in [2.45, 2.75) is 46.7 Å². The lowest BCUT2D eigenvalue weighted by atomic mass is 10.2. The molecule has 0 bridgehead atoms. The summed E-state index contributed by atoms with van der Waals surface area (Å²) < 4.78 is 1.02. The molecule has 0 aliphatic heterocycles. The van der Waals surface area contributed by atoms with Gasteiger partial charge in [-0.25, -0.2) is 0 Å². The lowest BCUT2D eigenvalue weighted by Crippen LogP contribution is -2.41. The van der Waals surface area contributed by atoms with E-state index in [-0.39, 0.29) is 18.0 Å². The van der Waals surface area contributed by atoms with Crippen LogP contribution < -0.4 is 0 Å². The second kappa shape index (κ2) is 5.62. The van der Waals surface area contributed by atoms with Crippen LogP contribution in [0.25, 0.3) is 0 Å². The number of nitrogens with zero attached hydrogens (tertiary/aromatic N) is 1. The molecule has 13 heavy (non-hydrogen) atoms. The first-order chi connectivity index (χ1) is 5.86. The van der Waals surface area contributed by atoms with Crippen molar-refractivity contribution in [1.82, 2.24) is 4.90 Å². The largest absolute Gasteiger partial charge is 0.334 e. The maximum atomic E-state index is 11.7. The van der Waals surface area contributed by atoms with Crippen molar-refractivity contribution in [3.05, 3.63) is 9.66 Å². The summed E-state index contributed by atoms with van der Waals surface area (Å²) in [5.74, 6) is 0.108. The first-order valence-corrected chi connectivity index (χ1v) is 5.60. The molecular formula is C10H18INO. The molecule has 0 fully saturated rings. The van der Waals surface area contributed by atoms with Gasteiger partial charge in [-0.1, -0.05) is 0 Å². The highest BCUT2D eigenvalue weighted by Crippen LogP contribution is 2.10. The normalized spacial score (nSPS) is 12.5. The lowest BCUT2D eigenvalue weighted by molar-refractivity contribution is -0.129. The Hall–Kier alpha value is -0.0600. The van der Waals surface area contributed by atoms with Crippen molar-refractivity contribution in [3.8, 4) is 0 Å². The summed E-state index contributed by atoms with van der Waals surface area (Å²) in [4.78, 5) is 13.6. The zero-order valence-corrected chi connectivity index (χ0v) is 11.1. The lowest BCUT2D eigenvalue weighted by Gasteiger charge is -2.29. The Balaban J connectivity index is 4.57. The van der Waals surface area contributed by atoms with Gasteiger partial charge in [-0.3, -0.25) is 4.79 Å². The Morgan fingerprint density at radius 2 is 1.62 bits per heavy atom. The first kappa shape index (κ1) is 12.9. The Labute approximate surface area is 94.5 Å². The van der Waals surface area contributed by atoms with E-state index in [0.29, 0.717) is 0 Å². The molecule has 0 spiro atoms. The fraction of sp³-hybridized carbons (Fsp3) is 0.700. The van der Waals surface area contributed by atoms with E-state index in [0.717, 1.165) is 3.58 Å². The Morgan fingerprint density at radius 3 is 1.85 bits per heavy atom. The van der Waals surface area contributed by atoms with Gasteiger partial charge in [0.15, 0.2) is 0 Å². The van der Waals surface area contributed by atoms with E-state index in [4.69, 9.17) is 0 Å². The number of amides is 1. The predicted octanol–water partition coefficient (Wildman–Crippen LogP) is 2.97. The van der Waals surface area contributed by atoms with Gasteiger partial charge >= 0.3 is 0 Å². The average Bonchev–Trinajstić information content (AvgIpc) is 1.81. The van der Waals surface area contributed by atoms with Crippen molar-refractivity contribution < 1.29 is 4.79 Å². The Morgan fingerprint density at radius 1 is 1.23 bits per heavy atom. The number of carbonyl (C=O) groups is 1. The Bertz CT molecular complexity index is 197. The van der Waals surface area contributed by atoms with E-state index < -0.39 is 0 Å². The quantitative estimate of drug-likeness (QED) is 0.579. The molecule has 0 radical (unpaired) electrons. The minimum Gasteiger partial charge on any atom is -0.334 e. The van der Waals surface area contributed by atoms with Gasteiger partial charge in [0.2, 0.25) is 5.91 Å². The topological polar surface area (TPSA) is 20.3 Å². The second-order valence-corrected chi connectivity index (χ2v) is 5.37. The highest BCUT2D eigenvalue weighted by atomic mass is 127. The van der Waals surface area contributed by atoms with Gasteiger partial charge in [0.1, 0.15) is 0 Å². The molecule has 0 unspecified atom stereocenters. The monoisotopic (exact) mass is 295 g/mol. The third-order valence-electron chi connectivity index (χ3n) is 1.69. The first-order valence-electron chi connectivity index (χ1n) is 4.52. The van der Waals surface area contributed by atoms with E-state index in [2.05, 4.69) is 22.6 Å². The fourth-order valence-electron chi connectivity index (χ4n) is 1.35. The second-order valence-electron chi connectivity index (χ2n) is 3.66. The number of hydrogen-bond donors (Lipinski definition) is 0. The molecule has 76 valence electrons. The van der Waals surface area contributed by atoms with Gasteiger partial charge in [0.05, 0.1) is 0 Å². The Kier molecular flexibility index (Phi) is 5.60. The molecule has 3 heteroatoms. The number of carbonyl (C=O) groups excluding carboxylic acids is 1. The minimum atomic E-state index is 0.108. The molecule has 0 aromatic rings. The van der Waals surface area contributed by atoms with Crippen LogP contribution in [0.5, 0.6) is 0 Å². The summed E-state index contributed by atoms with van der Waals surface area (Å²) in [5.41, 5.74) is 0. The number of hydrogen-bond acceptors (Lipinski definition) is 1. The molecular weight excluding hydrogens is 277 g/mol. The zero-order valence-electron chi connectivity index (χ0n) is 8.97. The van der Waals surface area contributed by atoms with Gasteiger partial charge in [0.25, 0.3) is 0 Å². The average molecular weight is 295 g/mol. The van der Waals surface area contributed by atoms with Crippen molar-refractivity contribution in [2.24, 2.45) is 0 Å². The smallest absolute Gasteiger partial charge is 0.247 e. The summed E-state index contributed by atoms with van der Waals surface area (Å²) in [6.07, 6.45) is 1.68. The van der Waals surface area contributed by atoms with Crippen LogP contribution in [0.1, 0.15) is 34.6 Å². The number of rotatable bonds is 3. The predicted molar refractivity (Wildman–Crippen MR) is 64.9 cm³/mol. The summed E-state index contributed by atoms with van der Waals surface area (Å²) in [7, 11) is 0. The molecule has 1 amide bonds. The van der Waals surface area contributed by atoms with Gasteiger partial charge in [-0.05, 0) is 60.8 Å². The molecule has 0 aliphatic carbocycles. The number of halogens is 1. The SMILES string of the molecule is C/C(I)=C/C(=O)N(C(C)C)C(C)C. The highest BCUT2D eigenvalue weighted by Gasteiger charge is 2.17. The molecule has 0 saturated heterocycles. The van der Waals surface area contributed by atoms with Crippen LogP contribution in [0.2, 0.25) is 0 Å². The molecule has 0 N–H and O–H groups in total. The molecule has 0 saturated carbocycles. The van der Waals surface area contributed by atoms with Crippen LogP contribution in [0.3, 0.4) is 0 Å². The van der Waals surface area contributed by atoms with Crippen LogP contribution in [0.4, 0.5) is 0 Å².